The number of nitrogens with zero attached hydrogens (tertiary/aromatic N) is 4. The van der Waals surface area contributed by atoms with E-state index >= 15 is 0 Å². The van der Waals surface area contributed by atoms with Crippen molar-refractivity contribution in [2.24, 2.45) is 0 Å². The molecule has 1 fully saturated rings. The Bertz CT molecular complexity index is 823. The third-order valence-electron chi connectivity index (χ3n) is 4.20. The number of nitrogens with one attached hydrogen (secondary N) is 1. The maximum atomic E-state index is 12.1. The van der Waals surface area contributed by atoms with Crippen molar-refractivity contribution in [3.63, 3.8) is 0 Å². The summed E-state index contributed by atoms with van der Waals surface area (Å²) in [4.78, 5) is 26.7. The number of carbonyl (C=O) groups is 1. The Morgan fingerprint density at radius 1 is 1.12 bits per heavy atom. The van der Waals surface area contributed by atoms with Crippen molar-refractivity contribution >= 4 is 45.0 Å². The first-order valence-electron chi connectivity index (χ1n) is 8.38. The molecule has 0 aromatic carbocycles. The summed E-state index contributed by atoms with van der Waals surface area (Å²) in [5.74, 6) is 0.00825. The Morgan fingerprint density at radius 2 is 1.96 bits per heavy atom. The van der Waals surface area contributed by atoms with E-state index in [0.29, 0.717) is 11.7 Å². The van der Waals surface area contributed by atoms with Crippen molar-refractivity contribution in [3.8, 4) is 10.6 Å². The van der Waals surface area contributed by atoms with Gasteiger partial charge in [0, 0.05) is 43.1 Å². The summed E-state index contributed by atoms with van der Waals surface area (Å²) >= 11 is 4.89. The maximum absolute atomic E-state index is 12.1. The highest BCUT2D eigenvalue weighted by Crippen LogP contribution is 2.26. The van der Waals surface area contributed by atoms with Gasteiger partial charge in [-0.05, 0) is 11.4 Å². The first-order chi connectivity index (χ1) is 12.8. The Balaban J connectivity index is 1.23. The molecule has 1 aliphatic rings. The standard InChI is InChI=1S/C17H19N5OS3/c23-15(20-17-18-3-9-25-17)10-21-4-6-22(7-5-21)11-16-19-13(12-26-16)14-2-1-8-24-14/h1-3,8-9,12H,4-7,10-11H2,(H,18,20,23). The van der Waals surface area contributed by atoms with Gasteiger partial charge in [-0.15, -0.1) is 34.0 Å². The third-order valence-corrected chi connectivity index (χ3v) is 6.61. The van der Waals surface area contributed by atoms with Gasteiger partial charge in [-0.3, -0.25) is 14.6 Å². The second-order valence-corrected chi connectivity index (χ2v) is 8.83. The molecule has 4 rings (SSSR count). The molecule has 0 bridgehead atoms. The molecule has 0 atom stereocenters. The van der Waals surface area contributed by atoms with Crippen LogP contribution in [0.3, 0.4) is 0 Å². The molecule has 0 aliphatic carbocycles. The number of thiazole rings is 2. The van der Waals surface area contributed by atoms with Crippen LogP contribution in [0.2, 0.25) is 0 Å². The van der Waals surface area contributed by atoms with Crippen LogP contribution in [-0.4, -0.2) is 58.4 Å². The molecule has 26 heavy (non-hydrogen) atoms. The van der Waals surface area contributed by atoms with E-state index in [1.165, 1.54) is 16.2 Å². The van der Waals surface area contributed by atoms with E-state index in [-0.39, 0.29) is 5.91 Å². The number of thiophene rings is 1. The molecular weight excluding hydrogens is 386 g/mol. The fraction of sp³-hybridized carbons (Fsp3) is 0.353. The summed E-state index contributed by atoms with van der Waals surface area (Å²) in [5.41, 5.74) is 1.08. The predicted octanol–water partition coefficient (Wildman–Crippen LogP) is 3.08. The summed E-state index contributed by atoms with van der Waals surface area (Å²) in [6.45, 7) is 5.02. The number of hydrogen-bond donors (Lipinski definition) is 1. The zero-order valence-corrected chi connectivity index (χ0v) is 16.6. The normalized spacial score (nSPS) is 16.0. The molecule has 0 saturated carbocycles. The molecule has 0 unspecified atom stereocenters. The number of piperazine rings is 1. The highest BCUT2D eigenvalue weighted by atomic mass is 32.1. The molecule has 1 amide bonds. The molecule has 1 saturated heterocycles. The minimum atomic E-state index is 0.00825. The van der Waals surface area contributed by atoms with Gasteiger partial charge in [0.1, 0.15) is 5.01 Å². The quantitative estimate of drug-likeness (QED) is 0.683. The zero-order valence-electron chi connectivity index (χ0n) is 14.1. The first-order valence-corrected chi connectivity index (χ1v) is 11.0. The van der Waals surface area contributed by atoms with E-state index in [0.717, 1.165) is 43.4 Å². The lowest BCUT2D eigenvalue weighted by atomic mass is 10.3. The van der Waals surface area contributed by atoms with Crippen LogP contribution < -0.4 is 5.32 Å². The average molecular weight is 406 g/mol. The highest BCUT2D eigenvalue weighted by molar-refractivity contribution is 7.14. The molecule has 136 valence electrons. The van der Waals surface area contributed by atoms with Crippen LogP contribution in [0, 0.1) is 0 Å². The fourth-order valence-electron chi connectivity index (χ4n) is 2.86. The predicted molar refractivity (Wildman–Crippen MR) is 108 cm³/mol. The van der Waals surface area contributed by atoms with Crippen molar-refractivity contribution in [2.75, 3.05) is 38.0 Å². The molecule has 9 heteroatoms. The monoisotopic (exact) mass is 405 g/mol. The molecule has 0 radical (unpaired) electrons. The van der Waals surface area contributed by atoms with E-state index in [4.69, 9.17) is 4.98 Å². The van der Waals surface area contributed by atoms with Crippen LogP contribution in [0.15, 0.2) is 34.5 Å². The summed E-state index contributed by atoms with van der Waals surface area (Å²) in [6, 6.07) is 4.17. The van der Waals surface area contributed by atoms with Crippen LogP contribution >= 0.6 is 34.0 Å². The number of amides is 1. The van der Waals surface area contributed by atoms with Crippen molar-refractivity contribution in [2.45, 2.75) is 6.54 Å². The Kier molecular flexibility index (Phi) is 5.71. The topological polar surface area (TPSA) is 61.4 Å². The van der Waals surface area contributed by atoms with Gasteiger partial charge in [0.15, 0.2) is 5.13 Å². The van der Waals surface area contributed by atoms with Gasteiger partial charge in [-0.2, -0.15) is 0 Å². The van der Waals surface area contributed by atoms with Gasteiger partial charge in [0.05, 0.1) is 23.7 Å². The van der Waals surface area contributed by atoms with Crippen LogP contribution in [0.5, 0.6) is 0 Å². The Hall–Kier alpha value is -1.65. The van der Waals surface area contributed by atoms with E-state index in [1.807, 2.05) is 5.38 Å². The summed E-state index contributed by atoms with van der Waals surface area (Å²) in [5, 5.41) is 10.7. The summed E-state index contributed by atoms with van der Waals surface area (Å²) in [6.07, 6.45) is 1.70. The first kappa shape index (κ1) is 17.7. The van der Waals surface area contributed by atoms with Crippen LogP contribution in [-0.2, 0) is 11.3 Å². The fourth-order valence-corrected chi connectivity index (χ4v) is 5.01. The molecule has 3 aromatic heterocycles. The SMILES string of the molecule is O=C(CN1CCN(Cc2nc(-c3cccs3)cs2)CC1)Nc1nccs1. The molecule has 3 aromatic rings. The molecule has 4 heterocycles. The molecule has 6 nitrogen and oxygen atoms in total. The van der Waals surface area contributed by atoms with Crippen molar-refractivity contribution in [3.05, 3.63) is 39.5 Å². The van der Waals surface area contributed by atoms with E-state index in [9.17, 15) is 4.79 Å². The minimum Gasteiger partial charge on any atom is -0.301 e. The molecule has 0 spiro atoms. The molecular formula is C17H19N5OS3. The minimum absolute atomic E-state index is 0.00825. The maximum Gasteiger partial charge on any atom is 0.240 e. The second kappa shape index (κ2) is 8.36. The van der Waals surface area contributed by atoms with Crippen molar-refractivity contribution in [1.82, 2.24) is 19.8 Å². The lowest BCUT2D eigenvalue weighted by Gasteiger charge is -2.33. The lowest BCUT2D eigenvalue weighted by molar-refractivity contribution is -0.117. The van der Waals surface area contributed by atoms with E-state index < -0.39 is 0 Å². The highest BCUT2D eigenvalue weighted by Gasteiger charge is 2.20. The van der Waals surface area contributed by atoms with Gasteiger partial charge < -0.3 is 5.32 Å². The Labute approximate surface area is 164 Å². The van der Waals surface area contributed by atoms with Crippen molar-refractivity contribution < 1.29 is 4.79 Å². The van der Waals surface area contributed by atoms with Gasteiger partial charge in [-0.25, -0.2) is 9.97 Å². The van der Waals surface area contributed by atoms with E-state index in [1.54, 1.807) is 28.9 Å². The Morgan fingerprint density at radius 3 is 2.69 bits per heavy atom. The number of carbonyl (C=O) groups excluding carboxylic acids is 1. The number of aromatic nitrogens is 2. The van der Waals surface area contributed by atoms with Gasteiger partial charge >= 0.3 is 0 Å². The van der Waals surface area contributed by atoms with Gasteiger partial charge in [0.25, 0.3) is 0 Å². The smallest absolute Gasteiger partial charge is 0.240 e. The van der Waals surface area contributed by atoms with Gasteiger partial charge in [-0.1, -0.05) is 6.07 Å². The van der Waals surface area contributed by atoms with E-state index in [2.05, 4.69) is 43.0 Å². The molecule has 1 N–H and O–H groups in total. The number of hydrogen-bond acceptors (Lipinski definition) is 8. The summed E-state index contributed by atoms with van der Waals surface area (Å²) in [7, 11) is 0. The summed E-state index contributed by atoms with van der Waals surface area (Å²) < 4.78 is 0. The van der Waals surface area contributed by atoms with Crippen LogP contribution in [0.4, 0.5) is 5.13 Å². The van der Waals surface area contributed by atoms with Crippen LogP contribution in [0.25, 0.3) is 10.6 Å². The number of rotatable bonds is 6. The lowest BCUT2D eigenvalue weighted by Crippen LogP contribution is -2.48. The molecule has 1 aliphatic heterocycles. The largest absolute Gasteiger partial charge is 0.301 e. The van der Waals surface area contributed by atoms with Gasteiger partial charge in [0.2, 0.25) is 5.91 Å². The van der Waals surface area contributed by atoms with Crippen LogP contribution in [0.1, 0.15) is 5.01 Å². The van der Waals surface area contributed by atoms with Crippen molar-refractivity contribution in [1.29, 1.82) is 0 Å². The second-order valence-electron chi connectivity index (χ2n) is 6.04. The number of anilines is 1. The third kappa shape index (κ3) is 4.54. The average Bonchev–Trinajstić information content (AvgIpc) is 3.38. The zero-order chi connectivity index (χ0) is 17.8.